The first-order chi connectivity index (χ1) is 12.2. The molecule has 0 radical (unpaired) electrons. The summed E-state index contributed by atoms with van der Waals surface area (Å²) >= 11 is 1.87. The molecule has 136 valence electrons. The fraction of sp³-hybridized carbons (Fsp3) is 0.111. The lowest BCUT2D eigenvalue weighted by atomic mass is 10.2. The highest BCUT2D eigenvalue weighted by molar-refractivity contribution is 8.13. The van der Waals surface area contributed by atoms with Gasteiger partial charge in [-0.1, -0.05) is 47.8 Å². The van der Waals surface area contributed by atoms with Crippen molar-refractivity contribution in [3.05, 3.63) is 59.7 Å². The van der Waals surface area contributed by atoms with Gasteiger partial charge in [0.25, 0.3) is 0 Å². The molecule has 0 unspecified atom stereocenters. The molecular weight excluding hydrogens is 376 g/mol. The van der Waals surface area contributed by atoms with Crippen molar-refractivity contribution in [2.75, 3.05) is 0 Å². The van der Waals surface area contributed by atoms with E-state index in [1.54, 1.807) is 36.4 Å². The monoisotopic (exact) mass is 392 g/mol. The number of aromatic carboxylic acids is 2. The second kappa shape index (κ2) is 10.4. The Morgan fingerprint density at radius 1 is 0.654 bits per heavy atom. The number of hydrogen-bond acceptors (Lipinski definition) is 6. The van der Waals surface area contributed by atoms with E-state index in [1.807, 2.05) is 0 Å². The molecule has 0 spiro atoms. The smallest absolute Gasteiger partial charge is 0.336 e. The highest BCUT2D eigenvalue weighted by Gasteiger charge is 2.11. The summed E-state index contributed by atoms with van der Waals surface area (Å²) in [7, 11) is 0. The van der Waals surface area contributed by atoms with Crippen LogP contribution in [0, 0.1) is 0 Å². The minimum absolute atomic E-state index is 0.117. The Morgan fingerprint density at radius 3 is 1.23 bits per heavy atom. The largest absolute Gasteiger partial charge is 0.478 e. The molecule has 2 N–H and O–H groups in total. The molecule has 6 nitrogen and oxygen atoms in total. The summed E-state index contributed by atoms with van der Waals surface area (Å²) in [5, 5.41) is 17.3. The Morgan fingerprint density at radius 2 is 0.962 bits per heavy atom. The van der Waals surface area contributed by atoms with E-state index >= 15 is 0 Å². The van der Waals surface area contributed by atoms with Gasteiger partial charge in [-0.2, -0.15) is 0 Å². The zero-order valence-electron chi connectivity index (χ0n) is 14.0. The van der Waals surface area contributed by atoms with E-state index < -0.39 is 11.9 Å². The van der Waals surface area contributed by atoms with Gasteiger partial charge in [0.2, 0.25) is 0 Å². The standard InChI is InChI=1S/2C9H8O3S/c2*1-6(10)13-8-5-3-2-4-7(8)9(11)12/h2*2-5H,1H3,(H,11,12). The Labute approximate surface area is 158 Å². The Hall–Kier alpha value is -2.58. The van der Waals surface area contributed by atoms with Crippen molar-refractivity contribution >= 4 is 45.7 Å². The summed E-state index contributed by atoms with van der Waals surface area (Å²) in [6, 6.07) is 12.9. The van der Waals surface area contributed by atoms with Gasteiger partial charge < -0.3 is 10.2 Å². The zero-order valence-corrected chi connectivity index (χ0v) is 15.6. The van der Waals surface area contributed by atoms with Gasteiger partial charge in [-0.3, -0.25) is 9.59 Å². The van der Waals surface area contributed by atoms with Gasteiger partial charge in [0.1, 0.15) is 0 Å². The molecule has 0 aliphatic carbocycles. The van der Waals surface area contributed by atoms with Crippen molar-refractivity contribution in [1.29, 1.82) is 0 Å². The minimum atomic E-state index is -1.01. The molecule has 0 aromatic heterocycles. The molecule has 0 atom stereocenters. The molecule has 0 heterocycles. The van der Waals surface area contributed by atoms with Gasteiger partial charge in [0.15, 0.2) is 10.2 Å². The van der Waals surface area contributed by atoms with E-state index in [1.165, 1.54) is 26.0 Å². The maximum atomic E-state index is 10.8. The van der Waals surface area contributed by atoms with Crippen LogP contribution >= 0.6 is 23.5 Å². The van der Waals surface area contributed by atoms with E-state index in [-0.39, 0.29) is 21.4 Å². The molecule has 0 saturated carbocycles. The summed E-state index contributed by atoms with van der Waals surface area (Å²) < 4.78 is 0. The lowest BCUT2D eigenvalue weighted by Gasteiger charge is -2.01. The van der Waals surface area contributed by atoms with Crippen LogP contribution in [-0.4, -0.2) is 32.4 Å². The molecule has 0 amide bonds. The van der Waals surface area contributed by atoms with Crippen molar-refractivity contribution in [3.63, 3.8) is 0 Å². The van der Waals surface area contributed by atoms with Gasteiger partial charge in [-0.25, -0.2) is 9.59 Å². The van der Waals surface area contributed by atoms with Gasteiger partial charge in [0, 0.05) is 23.6 Å². The van der Waals surface area contributed by atoms with Crippen LogP contribution in [0.1, 0.15) is 34.6 Å². The molecular formula is C18H16O6S2. The highest BCUT2D eigenvalue weighted by atomic mass is 32.2. The van der Waals surface area contributed by atoms with Gasteiger partial charge in [-0.15, -0.1) is 0 Å². The maximum Gasteiger partial charge on any atom is 0.336 e. The number of rotatable bonds is 4. The summed E-state index contributed by atoms with van der Waals surface area (Å²) in [5.74, 6) is -2.02. The number of carboxylic acids is 2. The SMILES string of the molecule is CC(=O)Sc1ccccc1C(=O)O.CC(=O)Sc1ccccc1C(=O)O. The van der Waals surface area contributed by atoms with E-state index in [9.17, 15) is 19.2 Å². The van der Waals surface area contributed by atoms with Crippen LogP contribution in [0.5, 0.6) is 0 Å². The van der Waals surface area contributed by atoms with Crippen LogP contribution in [0.3, 0.4) is 0 Å². The first-order valence-electron chi connectivity index (χ1n) is 7.23. The molecule has 0 aliphatic rings. The van der Waals surface area contributed by atoms with E-state index in [4.69, 9.17) is 10.2 Å². The van der Waals surface area contributed by atoms with Crippen LogP contribution in [-0.2, 0) is 9.59 Å². The van der Waals surface area contributed by atoms with Crippen molar-refractivity contribution in [3.8, 4) is 0 Å². The number of carboxylic acid groups (broad SMARTS) is 2. The molecule has 26 heavy (non-hydrogen) atoms. The predicted octanol–water partition coefficient (Wildman–Crippen LogP) is 4.05. The van der Waals surface area contributed by atoms with E-state index in [0.29, 0.717) is 9.79 Å². The quantitative estimate of drug-likeness (QED) is 0.750. The van der Waals surface area contributed by atoms with Gasteiger partial charge in [-0.05, 0) is 24.3 Å². The molecule has 2 rings (SSSR count). The molecule has 0 saturated heterocycles. The number of carbonyl (C=O) groups excluding carboxylic acids is 2. The first-order valence-corrected chi connectivity index (χ1v) is 8.87. The molecule has 0 aliphatic heterocycles. The van der Waals surface area contributed by atoms with Crippen LogP contribution in [0.15, 0.2) is 58.3 Å². The molecule has 8 heteroatoms. The van der Waals surface area contributed by atoms with Crippen molar-refractivity contribution < 1.29 is 29.4 Å². The Balaban J connectivity index is 0.000000260. The zero-order chi connectivity index (χ0) is 19.7. The summed E-state index contributed by atoms with van der Waals surface area (Å²) in [6.45, 7) is 2.81. The number of hydrogen-bond donors (Lipinski definition) is 2. The Kier molecular flexibility index (Phi) is 8.60. The van der Waals surface area contributed by atoms with Crippen LogP contribution in [0.4, 0.5) is 0 Å². The normalized spacial score (nSPS) is 9.62. The average molecular weight is 392 g/mol. The minimum Gasteiger partial charge on any atom is -0.478 e. The topological polar surface area (TPSA) is 109 Å². The number of carbonyl (C=O) groups is 4. The van der Waals surface area contributed by atoms with Crippen LogP contribution in [0.2, 0.25) is 0 Å². The third kappa shape index (κ3) is 7.12. The summed E-state index contributed by atoms with van der Waals surface area (Å²) in [6.07, 6.45) is 0. The first kappa shape index (κ1) is 21.5. The van der Waals surface area contributed by atoms with Crippen LogP contribution < -0.4 is 0 Å². The molecule has 0 bridgehead atoms. The highest BCUT2D eigenvalue weighted by Crippen LogP contribution is 2.23. The van der Waals surface area contributed by atoms with Crippen LogP contribution in [0.25, 0.3) is 0 Å². The predicted molar refractivity (Wildman–Crippen MR) is 99.9 cm³/mol. The van der Waals surface area contributed by atoms with E-state index in [2.05, 4.69) is 0 Å². The lowest BCUT2D eigenvalue weighted by Crippen LogP contribution is -1.99. The van der Waals surface area contributed by atoms with Crippen molar-refractivity contribution in [1.82, 2.24) is 0 Å². The lowest BCUT2D eigenvalue weighted by molar-refractivity contribution is -0.109. The average Bonchev–Trinajstić information content (AvgIpc) is 2.55. The fourth-order valence-corrected chi connectivity index (χ4v) is 3.22. The molecule has 2 aromatic carbocycles. The fourth-order valence-electron chi connectivity index (χ4n) is 1.77. The third-order valence-corrected chi connectivity index (χ3v) is 4.47. The number of thioether (sulfide) groups is 2. The summed E-state index contributed by atoms with van der Waals surface area (Å²) in [4.78, 5) is 43.9. The van der Waals surface area contributed by atoms with E-state index in [0.717, 1.165) is 23.5 Å². The Bertz CT molecular complexity index is 762. The molecule has 0 fully saturated rings. The van der Waals surface area contributed by atoms with Crippen molar-refractivity contribution in [2.45, 2.75) is 23.6 Å². The summed E-state index contributed by atoms with van der Waals surface area (Å²) in [5.41, 5.74) is 0.338. The van der Waals surface area contributed by atoms with Gasteiger partial charge >= 0.3 is 11.9 Å². The third-order valence-electron chi connectivity index (χ3n) is 2.74. The second-order valence-electron chi connectivity index (χ2n) is 4.79. The second-order valence-corrected chi connectivity index (χ2v) is 7.23. The maximum absolute atomic E-state index is 10.8. The number of benzene rings is 2. The molecule has 2 aromatic rings. The van der Waals surface area contributed by atoms with Gasteiger partial charge in [0.05, 0.1) is 11.1 Å². The van der Waals surface area contributed by atoms with Crippen molar-refractivity contribution in [2.24, 2.45) is 0 Å².